The maximum absolute atomic E-state index is 4.21. The summed E-state index contributed by atoms with van der Waals surface area (Å²) in [4.78, 5) is 0. The number of hydrogen-bond acceptors (Lipinski definition) is 2. The Morgan fingerprint density at radius 3 is 1.59 bits per heavy atom. The molecule has 0 bridgehead atoms. The Labute approximate surface area is 135 Å². The first-order chi connectivity index (χ1) is 10.6. The standard InChI is InChI=1S/C20H28N2/c1-15(2)19-9-5-17(6-10-19)13-21-22-14-18-7-11-20(12-8-18)16(3)4/h5,7,13-14,19-20H,1,3,6,8-12H2,2,4H3/b21-13+,22-14+/t19-,20-/m1/s1. The van der Waals surface area contributed by atoms with Crippen molar-refractivity contribution in [1.82, 2.24) is 0 Å². The Hall–Kier alpha value is -1.70. The summed E-state index contributed by atoms with van der Waals surface area (Å²) in [5.74, 6) is 1.30. The number of allylic oxidation sites excluding steroid dienone is 6. The Balaban J connectivity index is 1.81. The van der Waals surface area contributed by atoms with Crippen LogP contribution in [0.2, 0.25) is 0 Å². The monoisotopic (exact) mass is 296 g/mol. The van der Waals surface area contributed by atoms with Crippen LogP contribution in [0.5, 0.6) is 0 Å². The van der Waals surface area contributed by atoms with Crippen LogP contribution in [0.4, 0.5) is 0 Å². The minimum absolute atomic E-state index is 0.648. The molecule has 0 fully saturated rings. The van der Waals surface area contributed by atoms with Crippen LogP contribution < -0.4 is 0 Å². The molecule has 0 amide bonds. The summed E-state index contributed by atoms with van der Waals surface area (Å²) >= 11 is 0. The van der Waals surface area contributed by atoms with Crippen molar-refractivity contribution in [3.63, 3.8) is 0 Å². The summed E-state index contributed by atoms with van der Waals surface area (Å²) < 4.78 is 0. The maximum atomic E-state index is 4.21. The normalized spacial score (nSPS) is 26.1. The Kier molecular flexibility index (Phi) is 6.11. The molecule has 0 aromatic carbocycles. The van der Waals surface area contributed by atoms with E-state index < -0.39 is 0 Å². The topological polar surface area (TPSA) is 24.7 Å². The molecule has 2 heteroatoms. The molecule has 2 rings (SSSR count). The molecule has 2 atom stereocenters. The van der Waals surface area contributed by atoms with E-state index in [1.165, 1.54) is 35.1 Å². The van der Waals surface area contributed by atoms with Gasteiger partial charge < -0.3 is 0 Å². The van der Waals surface area contributed by atoms with E-state index in [1.807, 2.05) is 12.4 Å². The molecule has 0 spiro atoms. The molecule has 0 saturated carbocycles. The third-order valence-corrected chi connectivity index (χ3v) is 4.80. The molecule has 0 aromatic rings. The van der Waals surface area contributed by atoms with Crippen LogP contribution in [0.3, 0.4) is 0 Å². The summed E-state index contributed by atoms with van der Waals surface area (Å²) in [5, 5.41) is 8.42. The molecule has 0 heterocycles. The highest BCUT2D eigenvalue weighted by Crippen LogP contribution is 2.28. The van der Waals surface area contributed by atoms with Crippen LogP contribution in [0, 0.1) is 11.8 Å². The SMILES string of the molecule is C=C(C)[C@@H]1CC=C(/C=N/N=C/C2=CC[C@@H](C(=C)C)CC2)CC1. The Morgan fingerprint density at radius 1 is 0.909 bits per heavy atom. The summed E-state index contributed by atoms with van der Waals surface area (Å²) in [6.45, 7) is 12.3. The van der Waals surface area contributed by atoms with Crippen LogP contribution in [-0.2, 0) is 0 Å². The van der Waals surface area contributed by atoms with E-state index in [9.17, 15) is 0 Å². The molecule has 0 saturated heterocycles. The lowest BCUT2D eigenvalue weighted by Gasteiger charge is -2.20. The van der Waals surface area contributed by atoms with E-state index in [-0.39, 0.29) is 0 Å². The van der Waals surface area contributed by atoms with Gasteiger partial charge in [0.2, 0.25) is 0 Å². The summed E-state index contributed by atoms with van der Waals surface area (Å²) in [6.07, 6.45) is 15.1. The lowest BCUT2D eigenvalue weighted by atomic mass is 9.86. The first kappa shape index (κ1) is 16.7. The minimum atomic E-state index is 0.648. The Morgan fingerprint density at radius 2 is 1.32 bits per heavy atom. The number of hydrogen-bond donors (Lipinski definition) is 0. The molecule has 0 aliphatic heterocycles. The summed E-state index contributed by atoms with van der Waals surface area (Å²) in [6, 6.07) is 0. The maximum Gasteiger partial charge on any atom is 0.0524 e. The van der Waals surface area contributed by atoms with Crippen LogP contribution in [-0.4, -0.2) is 12.4 Å². The zero-order valence-corrected chi connectivity index (χ0v) is 14.0. The van der Waals surface area contributed by atoms with Crippen molar-refractivity contribution in [1.29, 1.82) is 0 Å². The van der Waals surface area contributed by atoms with Crippen LogP contribution in [0.15, 0.2) is 57.8 Å². The highest BCUT2D eigenvalue weighted by atomic mass is 15.2. The van der Waals surface area contributed by atoms with Crippen molar-refractivity contribution in [3.05, 3.63) is 47.6 Å². The van der Waals surface area contributed by atoms with Crippen LogP contribution >= 0.6 is 0 Å². The number of rotatable bonds is 5. The average Bonchev–Trinajstić information content (AvgIpc) is 2.52. The van der Waals surface area contributed by atoms with E-state index in [0.29, 0.717) is 11.8 Å². The van der Waals surface area contributed by atoms with Gasteiger partial charge in [-0.05, 0) is 75.4 Å². The van der Waals surface area contributed by atoms with Crippen LogP contribution in [0.25, 0.3) is 0 Å². The highest BCUT2D eigenvalue weighted by molar-refractivity contribution is 5.81. The predicted molar refractivity (Wildman–Crippen MR) is 97.5 cm³/mol. The molecule has 0 unspecified atom stereocenters. The zero-order valence-electron chi connectivity index (χ0n) is 14.0. The van der Waals surface area contributed by atoms with Crippen molar-refractivity contribution < 1.29 is 0 Å². The third kappa shape index (κ3) is 4.94. The minimum Gasteiger partial charge on any atom is -0.159 e. The van der Waals surface area contributed by atoms with E-state index in [1.54, 1.807) is 0 Å². The van der Waals surface area contributed by atoms with E-state index in [4.69, 9.17) is 0 Å². The molecule has 22 heavy (non-hydrogen) atoms. The molecule has 2 aliphatic rings. The largest absolute Gasteiger partial charge is 0.159 e. The molecule has 0 aromatic heterocycles. The number of nitrogens with zero attached hydrogens (tertiary/aromatic N) is 2. The second-order valence-electron chi connectivity index (χ2n) is 6.68. The lowest BCUT2D eigenvalue weighted by Crippen LogP contribution is -2.07. The van der Waals surface area contributed by atoms with Crippen molar-refractivity contribution >= 4 is 12.4 Å². The van der Waals surface area contributed by atoms with Crippen LogP contribution in [0.1, 0.15) is 52.4 Å². The fourth-order valence-corrected chi connectivity index (χ4v) is 3.05. The van der Waals surface area contributed by atoms with E-state index >= 15 is 0 Å². The summed E-state index contributed by atoms with van der Waals surface area (Å²) in [5.41, 5.74) is 5.19. The van der Waals surface area contributed by atoms with Crippen molar-refractivity contribution in [2.24, 2.45) is 22.0 Å². The second-order valence-corrected chi connectivity index (χ2v) is 6.68. The highest BCUT2D eigenvalue weighted by Gasteiger charge is 2.14. The fraction of sp³-hybridized carbons (Fsp3) is 0.500. The van der Waals surface area contributed by atoms with Gasteiger partial charge in [-0.15, -0.1) is 0 Å². The molecule has 0 radical (unpaired) electrons. The smallest absolute Gasteiger partial charge is 0.0524 e. The van der Waals surface area contributed by atoms with E-state index in [2.05, 4.69) is 49.4 Å². The van der Waals surface area contributed by atoms with E-state index in [0.717, 1.165) is 25.7 Å². The van der Waals surface area contributed by atoms with Gasteiger partial charge in [-0.1, -0.05) is 36.5 Å². The van der Waals surface area contributed by atoms with Gasteiger partial charge in [0.1, 0.15) is 0 Å². The van der Waals surface area contributed by atoms with Gasteiger partial charge >= 0.3 is 0 Å². The van der Waals surface area contributed by atoms with Crippen molar-refractivity contribution in [3.8, 4) is 0 Å². The molecule has 2 aliphatic carbocycles. The third-order valence-electron chi connectivity index (χ3n) is 4.80. The molecular weight excluding hydrogens is 268 g/mol. The van der Waals surface area contributed by atoms with Gasteiger partial charge in [-0.25, -0.2) is 0 Å². The molecular formula is C20H28N2. The van der Waals surface area contributed by atoms with Crippen molar-refractivity contribution in [2.75, 3.05) is 0 Å². The van der Waals surface area contributed by atoms with Gasteiger partial charge in [-0.3, -0.25) is 0 Å². The van der Waals surface area contributed by atoms with Crippen molar-refractivity contribution in [2.45, 2.75) is 52.4 Å². The fourth-order valence-electron chi connectivity index (χ4n) is 3.05. The van der Waals surface area contributed by atoms with Gasteiger partial charge in [0.05, 0.1) is 12.4 Å². The average molecular weight is 296 g/mol. The molecule has 2 nitrogen and oxygen atoms in total. The predicted octanol–water partition coefficient (Wildman–Crippen LogP) is 5.65. The summed E-state index contributed by atoms with van der Waals surface area (Å²) in [7, 11) is 0. The quantitative estimate of drug-likeness (QED) is 0.356. The first-order valence-corrected chi connectivity index (χ1v) is 8.31. The van der Waals surface area contributed by atoms with Gasteiger partial charge in [0, 0.05) is 0 Å². The zero-order chi connectivity index (χ0) is 15.9. The first-order valence-electron chi connectivity index (χ1n) is 8.31. The Bertz CT molecular complexity index is 496. The van der Waals surface area contributed by atoms with Gasteiger partial charge in [0.25, 0.3) is 0 Å². The lowest BCUT2D eigenvalue weighted by molar-refractivity contribution is 0.548. The van der Waals surface area contributed by atoms with Gasteiger partial charge in [0.15, 0.2) is 0 Å². The molecule has 118 valence electrons. The molecule has 0 N–H and O–H groups in total. The van der Waals surface area contributed by atoms with Gasteiger partial charge in [-0.2, -0.15) is 10.2 Å². The second kappa shape index (κ2) is 8.07.